The van der Waals surface area contributed by atoms with Crippen LogP contribution < -0.4 is 5.32 Å². The van der Waals surface area contributed by atoms with Gasteiger partial charge >= 0.3 is 6.03 Å². The van der Waals surface area contributed by atoms with Crippen molar-refractivity contribution in [1.29, 1.82) is 5.26 Å². The lowest BCUT2D eigenvalue weighted by Crippen LogP contribution is -2.53. The summed E-state index contributed by atoms with van der Waals surface area (Å²) >= 11 is 0. The van der Waals surface area contributed by atoms with E-state index in [1.165, 1.54) is 39.7 Å². The summed E-state index contributed by atoms with van der Waals surface area (Å²) < 4.78 is 26.9. The number of nitriles is 1. The largest absolute Gasteiger partial charge is 0.338 e. The van der Waals surface area contributed by atoms with E-state index in [0.29, 0.717) is 25.2 Å². The smallest absolute Gasteiger partial charge is 0.317 e. The van der Waals surface area contributed by atoms with E-state index in [0.717, 1.165) is 6.42 Å². The number of carbonyl (C=O) groups is 1. The SMILES string of the molecule is Cc1cccc(CCNC(=O)N2CCN(S(=O)(=O)c3ccc(C#N)cc3)CC2)c1. The van der Waals surface area contributed by atoms with Gasteiger partial charge in [0.15, 0.2) is 0 Å². The van der Waals surface area contributed by atoms with Gasteiger partial charge in [0.05, 0.1) is 16.5 Å². The number of nitrogens with one attached hydrogen (secondary N) is 1. The third kappa shape index (κ3) is 5.13. The molecular formula is C21H24N4O3S. The van der Waals surface area contributed by atoms with E-state index in [4.69, 9.17) is 5.26 Å². The molecular weight excluding hydrogens is 388 g/mol. The zero-order valence-electron chi connectivity index (χ0n) is 16.3. The first kappa shape index (κ1) is 20.8. The molecule has 1 heterocycles. The summed E-state index contributed by atoms with van der Waals surface area (Å²) in [6.07, 6.45) is 0.750. The van der Waals surface area contributed by atoms with Gasteiger partial charge in [-0.15, -0.1) is 0 Å². The number of aryl methyl sites for hydroxylation is 1. The highest BCUT2D eigenvalue weighted by Gasteiger charge is 2.30. The van der Waals surface area contributed by atoms with Crippen LogP contribution in [-0.2, 0) is 16.4 Å². The Morgan fingerprint density at radius 1 is 1.10 bits per heavy atom. The predicted molar refractivity (Wildman–Crippen MR) is 110 cm³/mol. The third-order valence-corrected chi connectivity index (χ3v) is 6.83. The maximum absolute atomic E-state index is 12.7. The molecule has 3 rings (SSSR count). The molecule has 0 atom stereocenters. The first-order valence-electron chi connectivity index (χ1n) is 9.49. The van der Waals surface area contributed by atoms with Crippen LogP contribution in [0.4, 0.5) is 4.79 Å². The molecule has 1 fully saturated rings. The van der Waals surface area contributed by atoms with Gasteiger partial charge in [0.25, 0.3) is 0 Å². The lowest BCUT2D eigenvalue weighted by atomic mass is 10.1. The second-order valence-electron chi connectivity index (χ2n) is 7.00. The summed E-state index contributed by atoms with van der Waals surface area (Å²) in [6, 6.07) is 15.8. The number of amides is 2. The Labute approximate surface area is 171 Å². The number of nitrogens with zero attached hydrogens (tertiary/aromatic N) is 3. The van der Waals surface area contributed by atoms with Crippen molar-refractivity contribution in [2.75, 3.05) is 32.7 Å². The Bertz CT molecular complexity index is 1000. The van der Waals surface area contributed by atoms with Crippen molar-refractivity contribution in [2.45, 2.75) is 18.2 Å². The molecule has 0 spiro atoms. The van der Waals surface area contributed by atoms with Crippen LogP contribution in [0.3, 0.4) is 0 Å². The molecule has 0 radical (unpaired) electrons. The summed E-state index contributed by atoms with van der Waals surface area (Å²) in [5, 5.41) is 11.8. The quantitative estimate of drug-likeness (QED) is 0.814. The fraction of sp³-hybridized carbons (Fsp3) is 0.333. The fourth-order valence-corrected chi connectivity index (χ4v) is 4.70. The first-order valence-corrected chi connectivity index (χ1v) is 10.9. The van der Waals surface area contributed by atoms with Crippen molar-refractivity contribution in [3.63, 3.8) is 0 Å². The zero-order valence-corrected chi connectivity index (χ0v) is 17.2. The molecule has 0 saturated carbocycles. The van der Waals surface area contributed by atoms with E-state index in [2.05, 4.69) is 11.4 Å². The molecule has 1 aliphatic rings. The molecule has 152 valence electrons. The number of sulfonamides is 1. The predicted octanol–water partition coefficient (Wildman–Crippen LogP) is 2.13. The Balaban J connectivity index is 1.50. The number of urea groups is 1. The number of benzene rings is 2. The molecule has 2 aromatic carbocycles. The highest BCUT2D eigenvalue weighted by atomic mass is 32.2. The van der Waals surface area contributed by atoms with Crippen LogP contribution in [0.2, 0.25) is 0 Å². The number of hydrogen-bond acceptors (Lipinski definition) is 4. The molecule has 29 heavy (non-hydrogen) atoms. The molecule has 0 aliphatic carbocycles. The van der Waals surface area contributed by atoms with Crippen LogP contribution in [0.5, 0.6) is 0 Å². The van der Waals surface area contributed by atoms with Crippen LogP contribution in [0.15, 0.2) is 53.4 Å². The summed E-state index contributed by atoms with van der Waals surface area (Å²) in [5.41, 5.74) is 2.77. The molecule has 1 saturated heterocycles. The van der Waals surface area contributed by atoms with Crippen molar-refractivity contribution < 1.29 is 13.2 Å². The van der Waals surface area contributed by atoms with Crippen LogP contribution in [0.1, 0.15) is 16.7 Å². The summed E-state index contributed by atoms with van der Waals surface area (Å²) in [5.74, 6) is 0. The van der Waals surface area contributed by atoms with Crippen molar-refractivity contribution in [2.24, 2.45) is 0 Å². The number of carbonyl (C=O) groups excluding carboxylic acids is 1. The van der Waals surface area contributed by atoms with E-state index >= 15 is 0 Å². The Hall–Kier alpha value is -2.89. The van der Waals surface area contributed by atoms with Gasteiger partial charge < -0.3 is 10.2 Å². The fourth-order valence-electron chi connectivity index (χ4n) is 3.28. The van der Waals surface area contributed by atoms with Crippen molar-refractivity contribution in [3.8, 4) is 6.07 Å². The highest BCUT2D eigenvalue weighted by Crippen LogP contribution is 2.18. The van der Waals surface area contributed by atoms with Gasteiger partial charge in [0.1, 0.15) is 0 Å². The Morgan fingerprint density at radius 2 is 1.79 bits per heavy atom. The summed E-state index contributed by atoms with van der Waals surface area (Å²) in [4.78, 5) is 14.2. The normalized spacial score (nSPS) is 15.0. The van der Waals surface area contributed by atoms with Crippen LogP contribution in [0, 0.1) is 18.3 Å². The topological polar surface area (TPSA) is 93.5 Å². The maximum atomic E-state index is 12.7. The van der Waals surface area contributed by atoms with Gasteiger partial charge in [0.2, 0.25) is 10.0 Å². The van der Waals surface area contributed by atoms with E-state index in [1.807, 2.05) is 31.2 Å². The standard InChI is InChI=1S/C21H24N4O3S/c1-17-3-2-4-18(15-17)9-10-23-21(26)24-11-13-25(14-12-24)29(27,28)20-7-5-19(16-22)6-8-20/h2-8,15H,9-14H2,1H3,(H,23,26). The van der Waals surface area contributed by atoms with Crippen LogP contribution in [-0.4, -0.2) is 56.4 Å². The lowest BCUT2D eigenvalue weighted by Gasteiger charge is -2.34. The Kier molecular flexibility index (Phi) is 6.52. The monoisotopic (exact) mass is 412 g/mol. The minimum atomic E-state index is -3.63. The van der Waals surface area contributed by atoms with Gasteiger partial charge in [0, 0.05) is 32.7 Å². The maximum Gasteiger partial charge on any atom is 0.317 e. The van der Waals surface area contributed by atoms with Crippen LogP contribution in [0.25, 0.3) is 0 Å². The number of hydrogen-bond donors (Lipinski definition) is 1. The number of piperazine rings is 1. The third-order valence-electron chi connectivity index (χ3n) is 4.92. The van der Waals surface area contributed by atoms with Gasteiger partial charge in [-0.25, -0.2) is 13.2 Å². The molecule has 0 aromatic heterocycles. The Morgan fingerprint density at radius 3 is 2.41 bits per heavy atom. The first-order chi connectivity index (χ1) is 13.9. The lowest BCUT2D eigenvalue weighted by molar-refractivity contribution is 0.172. The minimum absolute atomic E-state index is 0.160. The molecule has 0 bridgehead atoms. The van der Waals surface area contributed by atoms with Gasteiger partial charge in [-0.1, -0.05) is 29.8 Å². The summed E-state index contributed by atoms with van der Waals surface area (Å²) in [7, 11) is -3.63. The molecule has 1 aliphatic heterocycles. The molecule has 7 nitrogen and oxygen atoms in total. The van der Waals surface area contributed by atoms with Crippen LogP contribution >= 0.6 is 0 Å². The molecule has 1 N–H and O–H groups in total. The van der Waals surface area contributed by atoms with Gasteiger partial charge in [-0.3, -0.25) is 0 Å². The minimum Gasteiger partial charge on any atom is -0.338 e. The van der Waals surface area contributed by atoms with E-state index < -0.39 is 10.0 Å². The molecule has 8 heteroatoms. The zero-order chi connectivity index (χ0) is 20.9. The van der Waals surface area contributed by atoms with Crippen molar-refractivity contribution >= 4 is 16.1 Å². The van der Waals surface area contributed by atoms with Crippen molar-refractivity contribution in [1.82, 2.24) is 14.5 Å². The molecule has 2 amide bonds. The van der Waals surface area contributed by atoms with Gasteiger partial charge in [-0.05, 0) is 43.2 Å². The second-order valence-corrected chi connectivity index (χ2v) is 8.94. The van der Waals surface area contributed by atoms with Gasteiger partial charge in [-0.2, -0.15) is 9.57 Å². The highest BCUT2D eigenvalue weighted by molar-refractivity contribution is 7.89. The van der Waals surface area contributed by atoms with Crippen molar-refractivity contribution in [3.05, 3.63) is 65.2 Å². The number of rotatable bonds is 5. The van der Waals surface area contributed by atoms with E-state index in [1.54, 1.807) is 4.90 Å². The second kappa shape index (κ2) is 9.07. The molecule has 0 unspecified atom stereocenters. The average molecular weight is 413 g/mol. The van der Waals surface area contributed by atoms with E-state index in [9.17, 15) is 13.2 Å². The molecule has 2 aromatic rings. The summed E-state index contributed by atoms with van der Waals surface area (Å²) in [6.45, 7) is 3.73. The average Bonchev–Trinajstić information content (AvgIpc) is 2.74. The van der Waals surface area contributed by atoms with E-state index in [-0.39, 0.29) is 24.0 Å².